The van der Waals surface area contributed by atoms with Crippen LogP contribution in [-0.4, -0.2) is 25.1 Å². The molecule has 1 rings (SSSR count). The molecule has 0 aromatic rings. The lowest BCUT2D eigenvalue weighted by Crippen LogP contribution is -2.24. The number of unbranched alkanes of at least 4 members (excludes halogenated alkanes) is 2. The van der Waals surface area contributed by atoms with Crippen LogP contribution in [0.3, 0.4) is 0 Å². The lowest BCUT2D eigenvalue weighted by Gasteiger charge is -2.18. The van der Waals surface area contributed by atoms with Crippen LogP contribution in [0.15, 0.2) is 12.2 Å². The number of hydrogen-bond acceptors (Lipinski definition) is 2. The van der Waals surface area contributed by atoms with Crippen LogP contribution in [0.2, 0.25) is 0 Å². The standard InChI is InChI=1S/C13H25NS/c1-15-11-7-3-6-10-14-12-13-8-4-2-5-9-13/h2,4,13-14H,3,5-12H2,1H3. The Kier molecular flexibility index (Phi) is 8.12. The first kappa shape index (κ1) is 13.1. The number of hydrogen-bond donors (Lipinski definition) is 1. The van der Waals surface area contributed by atoms with Crippen molar-refractivity contribution in [3.63, 3.8) is 0 Å². The van der Waals surface area contributed by atoms with Gasteiger partial charge in [0.25, 0.3) is 0 Å². The van der Waals surface area contributed by atoms with Gasteiger partial charge in [0.1, 0.15) is 0 Å². The molecule has 0 aromatic carbocycles. The van der Waals surface area contributed by atoms with Crippen molar-refractivity contribution in [3.8, 4) is 0 Å². The lowest BCUT2D eigenvalue weighted by atomic mass is 9.94. The van der Waals surface area contributed by atoms with E-state index in [0.717, 1.165) is 5.92 Å². The van der Waals surface area contributed by atoms with Crippen LogP contribution < -0.4 is 5.32 Å². The highest BCUT2D eigenvalue weighted by Gasteiger charge is 2.08. The Morgan fingerprint density at radius 3 is 2.93 bits per heavy atom. The molecule has 0 aliphatic heterocycles. The predicted molar refractivity (Wildman–Crippen MR) is 71.6 cm³/mol. The van der Waals surface area contributed by atoms with Crippen LogP contribution >= 0.6 is 11.8 Å². The normalized spacial score (nSPS) is 20.7. The quantitative estimate of drug-likeness (QED) is 0.503. The van der Waals surface area contributed by atoms with Crippen LogP contribution in [0.5, 0.6) is 0 Å². The summed E-state index contributed by atoms with van der Waals surface area (Å²) in [7, 11) is 0. The third-order valence-electron chi connectivity index (χ3n) is 3.01. The van der Waals surface area contributed by atoms with Crippen molar-refractivity contribution in [3.05, 3.63) is 12.2 Å². The summed E-state index contributed by atoms with van der Waals surface area (Å²) in [6.07, 6.45) is 14.9. The minimum atomic E-state index is 0.904. The molecule has 2 heteroatoms. The lowest BCUT2D eigenvalue weighted by molar-refractivity contribution is 0.437. The minimum Gasteiger partial charge on any atom is -0.316 e. The Labute approximate surface area is 99.1 Å². The van der Waals surface area contributed by atoms with Crippen molar-refractivity contribution in [2.75, 3.05) is 25.1 Å². The summed E-state index contributed by atoms with van der Waals surface area (Å²) in [6, 6.07) is 0. The van der Waals surface area contributed by atoms with Crippen molar-refractivity contribution in [2.45, 2.75) is 38.5 Å². The number of rotatable bonds is 8. The van der Waals surface area contributed by atoms with Gasteiger partial charge in [-0.05, 0) is 63.1 Å². The summed E-state index contributed by atoms with van der Waals surface area (Å²) in [5.74, 6) is 2.23. The third-order valence-corrected chi connectivity index (χ3v) is 3.71. The molecule has 0 fully saturated rings. The molecule has 0 aromatic heterocycles. The van der Waals surface area contributed by atoms with E-state index in [0.29, 0.717) is 0 Å². The largest absolute Gasteiger partial charge is 0.316 e. The highest BCUT2D eigenvalue weighted by Crippen LogP contribution is 2.16. The second-order valence-corrected chi connectivity index (χ2v) is 5.39. The molecule has 15 heavy (non-hydrogen) atoms. The third kappa shape index (κ3) is 7.02. The van der Waals surface area contributed by atoms with Gasteiger partial charge >= 0.3 is 0 Å². The molecule has 0 radical (unpaired) electrons. The maximum Gasteiger partial charge on any atom is -0.00174 e. The van der Waals surface area contributed by atoms with E-state index < -0.39 is 0 Å². The number of nitrogens with one attached hydrogen (secondary N) is 1. The van der Waals surface area contributed by atoms with Crippen molar-refractivity contribution in [1.82, 2.24) is 5.32 Å². The van der Waals surface area contributed by atoms with Crippen LogP contribution in [0.25, 0.3) is 0 Å². The fraction of sp³-hybridized carbons (Fsp3) is 0.846. The van der Waals surface area contributed by atoms with Gasteiger partial charge in [-0.3, -0.25) is 0 Å². The second kappa shape index (κ2) is 9.29. The molecule has 0 saturated carbocycles. The number of thioether (sulfide) groups is 1. The van der Waals surface area contributed by atoms with E-state index in [4.69, 9.17) is 0 Å². The average Bonchev–Trinajstić information content (AvgIpc) is 2.29. The summed E-state index contributed by atoms with van der Waals surface area (Å²) in [6.45, 7) is 2.45. The van der Waals surface area contributed by atoms with Gasteiger partial charge in [0.15, 0.2) is 0 Å². The molecular weight excluding hydrogens is 202 g/mol. The molecule has 0 spiro atoms. The molecule has 1 aliphatic carbocycles. The first-order valence-corrected chi connectivity index (χ1v) is 7.67. The molecule has 1 unspecified atom stereocenters. The summed E-state index contributed by atoms with van der Waals surface area (Å²) < 4.78 is 0. The SMILES string of the molecule is CSCCCCCNCC1CC=CCC1. The maximum atomic E-state index is 3.59. The molecule has 1 nitrogen and oxygen atoms in total. The first-order chi connectivity index (χ1) is 7.43. The average molecular weight is 227 g/mol. The molecule has 1 atom stereocenters. The van der Waals surface area contributed by atoms with E-state index in [2.05, 4.69) is 23.7 Å². The summed E-state index contributed by atoms with van der Waals surface area (Å²) in [5.41, 5.74) is 0. The van der Waals surface area contributed by atoms with Gasteiger partial charge in [0.05, 0.1) is 0 Å². The topological polar surface area (TPSA) is 12.0 Å². The van der Waals surface area contributed by atoms with E-state index in [-0.39, 0.29) is 0 Å². The highest BCUT2D eigenvalue weighted by molar-refractivity contribution is 7.98. The summed E-state index contributed by atoms with van der Waals surface area (Å²) >= 11 is 1.96. The van der Waals surface area contributed by atoms with Gasteiger partial charge in [-0.25, -0.2) is 0 Å². The molecule has 1 N–H and O–H groups in total. The molecule has 1 aliphatic rings. The van der Waals surface area contributed by atoms with Gasteiger partial charge in [0.2, 0.25) is 0 Å². The highest BCUT2D eigenvalue weighted by atomic mass is 32.2. The molecule has 0 amide bonds. The predicted octanol–water partition coefficient (Wildman–Crippen LogP) is 3.47. The van der Waals surface area contributed by atoms with Crippen LogP contribution in [-0.2, 0) is 0 Å². The van der Waals surface area contributed by atoms with E-state index in [1.165, 1.54) is 57.4 Å². The minimum absolute atomic E-state index is 0.904. The Morgan fingerprint density at radius 2 is 2.20 bits per heavy atom. The van der Waals surface area contributed by atoms with Crippen molar-refractivity contribution in [1.29, 1.82) is 0 Å². The van der Waals surface area contributed by atoms with Gasteiger partial charge in [0, 0.05) is 0 Å². The monoisotopic (exact) mass is 227 g/mol. The zero-order chi connectivity index (χ0) is 10.8. The van der Waals surface area contributed by atoms with E-state index >= 15 is 0 Å². The van der Waals surface area contributed by atoms with Crippen molar-refractivity contribution >= 4 is 11.8 Å². The fourth-order valence-corrected chi connectivity index (χ4v) is 2.51. The van der Waals surface area contributed by atoms with Gasteiger partial charge in [-0.1, -0.05) is 18.6 Å². The van der Waals surface area contributed by atoms with Crippen LogP contribution in [0, 0.1) is 5.92 Å². The molecule has 0 saturated heterocycles. The smallest absolute Gasteiger partial charge is 0.00174 e. The van der Waals surface area contributed by atoms with Gasteiger partial charge in [-0.2, -0.15) is 11.8 Å². The van der Waals surface area contributed by atoms with Gasteiger partial charge in [-0.15, -0.1) is 0 Å². The Balaban J connectivity index is 1.82. The summed E-state index contributed by atoms with van der Waals surface area (Å²) in [5, 5.41) is 3.59. The Hall–Kier alpha value is 0.0500. The zero-order valence-electron chi connectivity index (χ0n) is 10.0. The van der Waals surface area contributed by atoms with E-state index in [1.54, 1.807) is 0 Å². The molecule has 0 bridgehead atoms. The molecular formula is C13H25NS. The Morgan fingerprint density at radius 1 is 1.27 bits per heavy atom. The second-order valence-electron chi connectivity index (χ2n) is 4.41. The first-order valence-electron chi connectivity index (χ1n) is 6.28. The van der Waals surface area contributed by atoms with E-state index in [9.17, 15) is 0 Å². The maximum absolute atomic E-state index is 3.59. The molecule has 88 valence electrons. The van der Waals surface area contributed by atoms with Gasteiger partial charge < -0.3 is 5.32 Å². The van der Waals surface area contributed by atoms with Crippen molar-refractivity contribution in [2.24, 2.45) is 5.92 Å². The Bertz CT molecular complexity index is 168. The van der Waals surface area contributed by atoms with Crippen LogP contribution in [0.4, 0.5) is 0 Å². The zero-order valence-corrected chi connectivity index (χ0v) is 10.8. The van der Waals surface area contributed by atoms with Crippen molar-refractivity contribution < 1.29 is 0 Å². The molecule has 0 heterocycles. The summed E-state index contributed by atoms with van der Waals surface area (Å²) in [4.78, 5) is 0. The van der Waals surface area contributed by atoms with Crippen LogP contribution in [0.1, 0.15) is 38.5 Å². The number of allylic oxidation sites excluding steroid dienone is 2. The van der Waals surface area contributed by atoms with E-state index in [1.807, 2.05) is 11.8 Å². The fourth-order valence-electron chi connectivity index (χ4n) is 2.02.